The van der Waals surface area contributed by atoms with Crippen molar-refractivity contribution in [1.82, 2.24) is 4.90 Å². The van der Waals surface area contributed by atoms with E-state index in [0.717, 1.165) is 23.2 Å². The second kappa shape index (κ2) is 8.26. The highest BCUT2D eigenvalue weighted by atomic mass is 35.5. The lowest BCUT2D eigenvalue weighted by Crippen LogP contribution is -2.34. The molecule has 1 fully saturated rings. The fraction of sp³-hybridized carbons (Fsp3) is 0.476. The van der Waals surface area contributed by atoms with Crippen LogP contribution in [0.25, 0.3) is 0 Å². The van der Waals surface area contributed by atoms with E-state index in [4.69, 9.17) is 11.6 Å². The number of nitrogens with zero attached hydrogens (tertiary/aromatic N) is 1. The summed E-state index contributed by atoms with van der Waals surface area (Å²) in [6.07, 6.45) is 6.71. The molecule has 3 rings (SSSR count). The lowest BCUT2D eigenvalue weighted by atomic mass is 9.85. The summed E-state index contributed by atoms with van der Waals surface area (Å²) in [5.74, 6) is -1.01. The van der Waals surface area contributed by atoms with Crippen LogP contribution in [0.2, 0.25) is 5.02 Å². The molecule has 1 aliphatic carbocycles. The summed E-state index contributed by atoms with van der Waals surface area (Å²) in [4.78, 5) is 38.8. The van der Waals surface area contributed by atoms with Crippen molar-refractivity contribution in [3.05, 3.63) is 40.4 Å². The Bertz CT molecular complexity index is 777. The highest BCUT2D eigenvalue weighted by Gasteiger charge is 2.46. The Labute approximate surface area is 164 Å². The zero-order valence-corrected chi connectivity index (χ0v) is 16.5. The Kier molecular flexibility index (Phi) is 6.00. The smallest absolute Gasteiger partial charge is 0.233 e. The van der Waals surface area contributed by atoms with Crippen molar-refractivity contribution in [1.29, 1.82) is 0 Å². The van der Waals surface area contributed by atoms with Crippen LogP contribution < -0.4 is 5.32 Å². The monoisotopic (exact) mass is 388 g/mol. The molecule has 0 bridgehead atoms. The van der Waals surface area contributed by atoms with Gasteiger partial charge in [0.05, 0.1) is 11.8 Å². The van der Waals surface area contributed by atoms with E-state index in [-0.39, 0.29) is 42.5 Å². The number of rotatable bonds is 6. The van der Waals surface area contributed by atoms with E-state index in [1.54, 1.807) is 0 Å². The number of carbonyl (C=O) groups is 3. The van der Waals surface area contributed by atoms with Gasteiger partial charge >= 0.3 is 0 Å². The third-order valence-corrected chi connectivity index (χ3v) is 5.86. The lowest BCUT2D eigenvalue weighted by Gasteiger charge is -2.18. The fourth-order valence-corrected chi connectivity index (χ4v) is 4.26. The van der Waals surface area contributed by atoms with Gasteiger partial charge < -0.3 is 5.32 Å². The van der Waals surface area contributed by atoms with Crippen LogP contribution in [0.4, 0.5) is 5.69 Å². The van der Waals surface area contributed by atoms with Gasteiger partial charge in [-0.2, -0.15) is 0 Å². The second-order valence-corrected chi connectivity index (χ2v) is 7.46. The Hall–Kier alpha value is -2.14. The van der Waals surface area contributed by atoms with Gasteiger partial charge in [-0.3, -0.25) is 19.3 Å². The Morgan fingerprint density at radius 3 is 2.30 bits per heavy atom. The minimum Gasteiger partial charge on any atom is -0.325 e. The van der Waals surface area contributed by atoms with Gasteiger partial charge in [-0.25, -0.2) is 0 Å². The normalized spacial score (nSPS) is 21.5. The van der Waals surface area contributed by atoms with Crippen LogP contribution in [0, 0.1) is 11.8 Å². The third kappa shape index (κ3) is 3.79. The molecule has 1 heterocycles. The molecule has 0 radical (unpaired) electrons. The average Bonchev–Trinajstić information content (AvgIpc) is 2.91. The maximum atomic E-state index is 12.5. The van der Waals surface area contributed by atoms with E-state index in [2.05, 4.69) is 5.32 Å². The molecular formula is C21H25ClN2O3. The molecule has 0 spiro atoms. The molecule has 1 aromatic carbocycles. The Balaban J connectivity index is 1.67. The number of allylic oxidation sites excluding steroid dienone is 2. The summed E-state index contributed by atoms with van der Waals surface area (Å²) in [6.45, 7) is 4.14. The molecule has 0 unspecified atom stereocenters. The van der Waals surface area contributed by atoms with Crippen molar-refractivity contribution in [2.45, 2.75) is 46.0 Å². The van der Waals surface area contributed by atoms with E-state index < -0.39 is 0 Å². The highest BCUT2D eigenvalue weighted by molar-refractivity contribution is 6.32. The summed E-state index contributed by atoms with van der Waals surface area (Å²) >= 11 is 6.28. The molecule has 2 aliphatic rings. The molecule has 144 valence electrons. The summed E-state index contributed by atoms with van der Waals surface area (Å²) in [5.41, 5.74) is 2.69. The molecule has 0 aromatic heterocycles. The van der Waals surface area contributed by atoms with Crippen molar-refractivity contribution in [3.63, 3.8) is 0 Å². The van der Waals surface area contributed by atoms with E-state index in [1.165, 1.54) is 4.90 Å². The van der Waals surface area contributed by atoms with Gasteiger partial charge in [0, 0.05) is 23.7 Å². The molecular weight excluding hydrogens is 364 g/mol. The number of likely N-dealkylation sites (tertiary alicyclic amines) is 1. The SMILES string of the molecule is CCc1ccc(Cl)c(CC)c1NC(=O)CCN1C(=O)[C@@H]2CC=CC[C@H]2C1=O. The van der Waals surface area contributed by atoms with E-state index in [9.17, 15) is 14.4 Å². The van der Waals surface area contributed by atoms with Gasteiger partial charge in [-0.15, -0.1) is 0 Å². The highest BCUT2D eigenvalue weighted by Crippen LogP contribution is 2.35. The van der Waals surface area contributed by atoms with Crippen LogP contribution in [0.5, 0.6) is 0 Å². The number of benzene rings is 1. The average molecular weight is 389 g/mol. The van der Waals surface area contributed by atoms with Crippen molar-refractivity contribution in [3.8, 4) is 0 Å². The zero-order valence-electron chi connectivity index (χ0n) is 15.8. The molecule has 1 aliphatic heterocycles. The Morgan fingerprint density at radius 2 is 1.74 bits per heavy atom. The van der Waals surface area contributed by atoms with Gasteiger partial charge in [-0.05, 0) is 42.9 Å². The van der Waals surface area contributed by atoms with Crippen LogP contribution in [0.1, 0.15) is 44.2 Å². The third-order valence-electron chi connectivity index (χ3n) is 5.50. The number of hydrogen-bond acceptors (Lipinski definition) is 3. The first-order valence-electron chi connectivity index (χ1n) is 9.58. The summed E-state index contributed by atoms with van der Waals surface area (Å²) < 4.78 is 0. The maximum Gasteiger partial charge on any atom is 0.233 e. The minimum atomic E-state index is -0.253. The van der Waals surface area contributed by atoms with Crippen LogP contribution in [0.3, 0.4) is 0 Å². The molecule has 3 amide bonds. The van der Waals surface area contributed by atoms with E-state index in [0.29, 0.717) is 24.3 Å². The maximum absolute atomic E-state index is 12.5. The van der Waals surface area contributed by atoms with Crippen molar-refractivity contribution in [2.24, 2.45) is 11.8 Å². The summed E-state index contributed by atoms with van der Waals surface area (Å²) in [7, 11) is 0. The Morgan fingerprint density at radius 1 is 1.11 bits per heavy atom. The minimum absolute atomic E-state index is 0.0865. The van der Waals surface area contributed by atoms with Gasteiger partial charge in [0.15, 0.2) is 0 Å². The first kappa shape index (κ1) is 19.6. The first-order chi connectivity index (χ1) is 13.0. The van der Waals surface area contributed by atoms with Crippen molar-refractivity contribution >= 4 is 35.0 Å². The molecule has 0 saturated carbocycles. The molecule has 6 heteroatoms. The number of amides is 3. The summed E-state index contributed by atoms with van der Waals surface area (Å²) in [5, 5.41) is 3.58. The molecule has 1 aromatic rings. The van der Waals surface area contributed by atoms with Crippen LogP contribution >= 0.6 is 11.6 Å². The summed E-state index contributed by atoms with van der Waals surface area (Å²) in [6, 6.07) is 3.77. The number of fused-ring (bicyclic) bond motifs is 1. The zero-order chi connectivity index (χ0) is 19.6. The van der Waals surface area contributed by atoms with Gasteiger partial charge in [0.1, 0.15) is 0 Å². The number of imide groups is 1. The fourth-order valence-electron chi connectivity index (χ4n) is 3.97. The topological polar surface area (TPSA) is 66.5 Å². The molecule has 1 saturated heterocycles. The van der Waals surface area contributed by atoms with Gasteiger partial charge in [-0.1, -0.05) is 43.7 Å². The molecule has 2 atom stereocenters. The largest absolute Gasteiger partial charge is 0.325 e. The predicted octanol–water partition coefficient (Wildman–Crippen LogP) is 3.74. The number of aryl methyl sites for hydroxylation is 1. The van der Waals surface area contributed by atoms with Gasteiger partial charge in [0.2, 0.25) is 17.7 Å². The number of halogens is 1. The lowest BCUT2D eigenvalue weighted by molar-refractivity contribution is -0.140. The first-order valence-corrected chi connectivity index (χ1v) is 9.96. The van der Waals surface area contributed by atoms with Gasteiger partial charge in [0.25, 0.3) is 0 Å². The standard InChI is InChI=1S/C21H25ClN2O3/c1-3-13-9-10-17(22)14(4-2)19(13)23-18(25)11-12-24-20(26)15-7-5-6-8-16(15)21(24)27/h5-6,9-10,15-16H,3-4,7-8,11-12H2,1-2H3,(H,23,25)/t15-,16-/m1/s1. The number of hydrogen-bond donors (Lipinski definition) is 1. The number of carbonyl (C=O) groups excluding carboxylic acids is 3. The molecule has 27 heavy (non-hydrogen) atoms. The second-order valence-electron chi connectivity index (χ2n) is 7.05. The van der Waals surface area contributed by atoms with Crippen molar-refractivity contribution in [2.75, 3.05) is 11.9 Å². The van der Waals surface area contributed by atoms with E-state index in [1.807, 2.05) is 38.1 Å². The number of anilines is 1. The molecule has 5 nitrogen and oxygen atoms in total. The number of nitrogens with one attached hydrogen (secondary N) is 1. The quantitative estimate of drug-likeness (QED) is 0.596. The van der Waals surface area contributed by atoms with Crippen LogP contribution in [0.15, 0.2) is 24.3 Å². The van der Waals surface area contributed by atoms with E-state index >= 15 is 0 Å². The molecule has 1 N–H and O–H groups in total. The predicted molar refractivity (Wildman–Crippen MR) is 106 cm³/mol. The van der Waals surface area contributed by atoms with Crippen LogP contribution in [-0.2, 0) is 27.2 Å². The van der Waals surface area contributed by atoms with Crippen LogP contribution in [-0.4, -0.2) is 29.2 Å². The van der Waals surface area contributed by atoms with Crippen molar-refractivity contribution < 1.29 is 14.4 Å².